The van der Waals surface area contributed by atoms with Gasteiger partial charge in [0.1, 0.15) is 0 Å². The van der Waals surface area contributed by atoms with Gasteiger partial charge in [-0.2, -0.15) is 0 Å². The summed E-state index contributed by atoms with van der Waals surface area (Å²) in [7, 11) is 0. The first-order valence-electron chi connectivity index (χ1n) is 6.23. The van der Waals surface area contributed by atoms with E-state index in [0.29, 0.717) is 13.1 Å². The highest BCUT2D eigenvalue weighted by atomic mass is 32.2. The van der Waals surface area contributed by atoms with Crippen molar-refractivity contribution >= 4 is 11.8 Å². The maximum absolute atomic E-state index is 9.40. The maximum Gasteiger partial charge on any atom is 0.0786 e. The molecule has 1 rings (SSSR count). The number of nitrogens with two attached hydrogens (primary N) is 1. The highest BCUT2D eigenvalue weighted by Crippen LogP contribution is 2.24. The fraction of sp³-hybridized carbons (Fsp3) is 0.571. The van der Waals surface area contributed by atoms with E-state index in [1.165, 1.54) is 10.5 Å². The van der Waals surface area contributed by atoms with E-state index in [4.69, 9.17) is 5.73 Å². The van der Waals surface area contributed by atoms with Crippen LogP contribution in [0.2, 0.25) is 0 Å². The van der Waals surface area contributed by atoms with Gasteiger partial charge in [-0.15, -0.1) is 11.8 Å². The van der Waals surface area contributed by atoms with Crippen LogP contribution in [0.4, 0.5) is 0 Å². The van der Waals surface area contributed by atoms with E-state index >= 15 is 0 Å². The summed E-state index contributed by atoms with van der Waals surface area (Å²) in [6.45, 7) is 6.06. The van der Waals surface area contributed by atoms with Crippen molar-refractivity contribution in [2.24, 2.45) is 5.73 Å². The van der Waals surface area contributed by atoms with Crippen molar-refractivity contribution in [3.8, 4) is 0 Å². The van der Waals surface area contributed by atoms with Crippen molar-refractivity contribution in [1.29, 1.82) is 0 Å². The molecule has 0 spiro atoms. The van der Waals surface area contributed by atoms with Crippen LogP contribution >= 0.6 is 11.8 Å². The monoisotopic (exact) mass is 268 g/mol. The average Bonchev–Trinajstić information content (AvgIpc) is 2.38. The number of aliphatic hydroxyl groups excluding tert-OH is 1. The molecule has 18 heavy (non-hydrogen) atoms. The molecule has 1 aromatic carbocycles. The number of aliphatic hydroxyl groups is 1. The molecule has 0 aliphatic heterocycles. The van der Waals surface area contributed by atoms with Gasteiger partial charge >= 0.3 is 0 Å². The van der Waals surface area contributed by atoms with Crippen LogP contribution in [-0.4, -0.2) is 37.1 Å². The van der Waals surface area contributed by atoms with Gasteiger partial charge in [-0.3, -0.25) is 0 Å². The molecule has 0 saturated heterocycles. The second-order valence-electron chi connectivity index (χ2n) is 5.13. The Morgan fingerprint density at radius 1 is 1.33 bits per heavy atom. The Morgan fingerprint density at radius 3 is 2.44 bits per heavy atom. The molecule has 3 nitrogen and oxygen atoms in total. The summed E-state index contributed by atoms with van der Waals surface area (Å²) in [6.07, 6.45) is 1.62. The third-order valence-electron chi connectivity index (χ3n) is 3.09. The molecule has 0 aliphatic carbocycles. The second-order valence-corrected chi connectivity index (χ2v) is 6.01. The normalized spacial score (nSPS) is 13.6. The lowest BCUT2D eigenvalue weighted by atomic mass is 9.84. The fourth-order valence-electron chi connectivity index (χ4n) is 1.78. The van der Waals surface area contributed by atoms with Gasteiger partial charge < -0.3 is 16.2 Å². The molecule has 0 fully saturated rings. The lowest BCUT2D eigenvalue weighted by Gasteiger charge is -2.26. The molecule has 0 aliphatic rings. The number of hydrogen-bond acceptors (Lipinski definition) is 4. The van der Waals surface area contributed by atoms with Gasteiger partial charge in [-0.1, -0.05) is 26.0 Å². The number of benzene rings is 1. The first kappa shape index (κ1) is 15.5. The molecule has 1 unspecified atom stereocenters. The van der Waals surface area contributed by atoms with E-state index in [2.05, 4.69) is 49.7 Å². The molecule has 0 heterocycles. The smallest absolute Gasteiger partial charge is 0.0786 e. The molecule has 0 amide bonds. The molecule has 0 bridgehead atoms. The Morgan fingerprint density at radius 2 is 1.94 bits per heavy atom. The minimum Gasteiger partial charge on any atom is -0.390 e. The number of thioether (sulfide) groups is 1. The molecule has 4 heteroatoms. The fourth-order valence-corrected chi connectivity index (χ4v) is 2.19. The van der Waals surface area contributed by atoms with Crippen LogP contribution in [0.25, 0.3) is 0 Å². The molecular weight excluding hydrogens is 244 g/mol. The van der Waals surface area contributed by atoms with Crippen molar-refractivity contribution in [1.82, 2.24) is 5.32 Å². The lowest BCUT2D eigenvalue weighted by Crippen LogP contribution is -2.39. The van der Waals surface area contributed by atoms with Crippen molar-refractivity contribution in [2.45, 2.75) is 30.3 Å². The third kappa shape index (κ3) is 4.61. The largest absolute Gasteiger partial charge is 0.390 e. The average molecular weight is 268 g/mol. The van der Waals surface area contributed by atoms with Crippen LogP contribution in [0.1, 0.15) is 19.4 Å². The van der Waals surface area contributed by atoms with Crippen LogP contribution in [0.5, 0.6) is 0 Å². The summed E-state index contributed by atoms with van der Waals surface area (Å²) in [5.41, 5.74) is 6.72. The lowest BCUT2D eigenvalue weighted by molar-refractivity contribution is 0.177. The van der Waals surface area contributed by atoms with Crippen LogP contribution in [0, 0.1) is 0 Å². The highest BCUT2D eigenvalue weighted by Gasteiger charge is 2.20. The van der Waals surface area contributed by atoms with E-state index in [0.717, 1.165) is 6.54 Å². The summed E-state index contributed by atoms with van der Waals surface area (Å²) >= 11 is 1.75. The number of hydrogen-bond donors (Lipinski definition) is 3. The van der Waals surface area contributed by atoms with Crippen LogP contribution in [0.3, 0.4) is 0 Å². The molecule has 1 aromatic rings. The first-order valence-corrected chi connectivity index (χ1v) is 7.45. The first-order chi connectivity index (χ1) is 8.49. The Labute approximate surface area is 114 Å². The van der Waals surface area contributed by atoms with Crippen molar-refractivity contribution in [2.75, 3.05) is 25.9 Å². The summed E-state index contributed by atoms with van der Waals surface area (Å²) < 4.78 is 0. The second kappa shape index (κ2) is 7.14. The van der Waals surface area contributed by atoms with Gasteiger partial charge in [0.25, 0.3) is 0 Å². The van der Waals surface area contributed by atoms with E-state index < -0.39 is 6.10 Å². The van der Waals surface area contributed by atoms with Gasteiger partial charge in [0.2, 0.25) is 0 Å². The zero-order valence-corrected chi connectivity index (χ0v) is 12.3. The molecular formula is C14H24N2OS. The maximum atomic E-state index is 9.40. The van der Waals surface area contributed by atoms with E-state index in [1.807, 2.05) is 0 Å². The molecule has 4 N–H and O–H groups in total. The summed E-state index contributed by atoms with van der Waals surface area (Å²) in [5.74, 6) is 0. The van der Waals surface area contributed by atoms with Crippen molar-refractivity contribution < 1.29 is 5.11 Å². The van der Waals surface area contributed by atoms with Crippen LogP contribution in [0.15, 0.2) is 29.2 Å². The van der Waals surface area contributed by atoms with Crippen LogP contribution in [-0.2, 0) is 5.41 Å². The zero-order valence-electron chi connectivity index (χ0n) is 11.4. The SMILES string of the molecule is CSc1ccc(C(C)(C)CNCC(O)CN)cc1. The van der Waals surface area contributed by atoms with Gasteiger partial charge in [0.05, 0.1) is 6.10 Å². The Bertz CT molecular complexity index is 351. The van der Waals surface area contributed by atoms with Gasteiger partial charge in [0.15, 0.2) is 0 Å². The Kier molecular flexibility index (Phi) is 6.15. The Balaban J connectivity index is 2.56. The molecule has 0 radical (unpaired) electrons. The minimum absolute atomic E-state index is 0.0469. The third-order valence-corrected chi connectivity index (χ3v) is 3.83. The van der Waals surface area contributed by atoms with Crippen molar-refractivity contribution in [3.05, 3.63) is 29.8 Å². The number of rotatable bonds is 7. The molecule has 0 saturated carbocycles. The van der Waals surface area contributed by atoms with Crippen LogP contribution < -0.4 is 11.1 Å². The zero-order chi connectivity index (χ0) is 13.6. The van der Waals surface area contributed by atoms with Gasteiger partial charge in [-0.05, 0) is 24.0 Å². The van der Waals surface area contributed by atoms with Crippen molar-refractivity contribution in [3.63, 3.8) is 0 Å². The molecule has 1 atom stereocenters. The van der Waals surface area contributed by atoms with Gasteiger partial charge in [0, 0.05) is 29.9 Å². The van der Waals surface area contributed by atoms with E-state index in [-0.39, 0.29) is 5.41 Å². The topological polar surface area (TPSA) is 58.3 Å². The number of nitrogens with one attached hydrogen (secondary N) is 1. The summed E-state index contributed by atoms with van der Waals surface area (Å²) in [4.78, 5) is 1.28. The van der Waals surface area contributed by atoms with E-state index in [9.17, 15) is 5.11 Å². The van der Waals surface area contributed by atoms with E-state index in [1.54, 1.807) is 11.8 Å². The minimum atomic E-state index is -0.459. The summed E-state index contributed by atoms with van der Waals surface area (Å²) in [6, 6.07) is 8.65. The summed E-state index contributed by atoms with van der Waals surface area (Å²) in [5, 5.41) is 12.7. The predicted octanol–water partition coefficient (Wildman–Crippen LogP) is 1.60. The Hall–Kier alpha value is -0.550. The quantitative estimate of drug-likeness (QED) is 0.657. The molecule has 0 aromatic heterocycles. The van der Waals surface area contributed by atoms with Gasteiger partial charge in [-0.25, -0.2) is 0 Å². The molecule has 102 valence electrons. The highest BCUT2D eigenvalue weighted by molar-refractivity contribution is 7.98. The standard InChI is InChI=1S/C14H24N2OS/c1-14(2,10-16-9-12(17)8-15)11-4-6-13(18-3)7-5-11/h4-7,12,16-17H,8-10,15H2,1-3H3. The predicted molar refractivity (Wildman–Crippen MR) is 79.2 cm³/mol.